The third-order valence-corrected chi connectivity index (χ3v) is 3.35. The van der Waals surface area contributed by atoms with Crippen LogP contribution in [0.3, 0.4) is 0 Å². The fourth-order valence-electron chi connectivity index (χ4n) is 1.83. The molecule has 3 nitrogen and oxygen atoms in total. The molecule has 0 aliphatic carbocycles. The number of aliphatic hydroxyl groups is 1. The number of aliphatic hydroxyl groups excluding tert-OH is 1. The lowest BCUT2D eigenvalue weighted by atomic mass is 9.78. The van der Waals surface area contributed by atoms with Crippen LogP contribution in [0.15, 0.2) is 0 Å². The minimum Gasteiger partial charge on any atom is -0.396 e. The molecule has 1 N–H and O–H groups in total. The van der Waals surface area contributed by atoms with Crippen molar-refractivity contribution in [3.8, 4) is 0 Å². The van der Waals surface area contributed by atoms with Crippen molar-refractivity contribution in [2.75, 3.05) is 33.5 Å². The van der Waals surface area contributed by atoms with Gasteiger partial charge in [-0.15, -0.1) is 0 Å². The lowest BCUT2D eigenvalue weighted by Crippen LogP contribution is -2.26. The molecular formula is C13H28O3. The Bertz CT molecular complexity index is 144. The number of hydrogen-bond acceptors (Lipinski definition) is 3. The molecular weight excluding hydrogens is 204 g/mol. The highest BCUT2D eigenvalue weighted by Gasteiger charge is 2.26. The van der Waals surface area contributed by atoms with E-state index in [4.69, 9.17) is 9.47 Å². The van der Waals surface area contributed by atoms with Gasteiger partial charge in [0.05, 0.1) is 13.2 Å². The van der Waals surface area contributed by atoms with Gasteiger partial charge in [-0.2, -0.15) is 0 Å². The smallest absolute Gasteiger partial charge is 0.0700 e. The highest BCUT2D eigenvalue weighted by molar-refractivity contribution is 4.76. The minimum absolute atomic E-state index is 0.0725. The first-order valence-corrected chi connectivity index (χ1v) is 6.42. The van der Waals surface area contributed by atoms with E-state index in [1.165, 1.54) is 12.8 Å². The zero-order chi connectivity index (χ0) is 12.3. The molecule has 0 aliphatic rings. The highest BCUT2D eigenvalue weighted by Crippen LogP contribution is 2.32. The predicted molar refractivity (Wildman–Crippen MR) is 66.6 cm³/mol. The molecule has 98 valence electrons. The molecule has 0 rings (SSSR count). The topological polar surface area (TPSA) is 38.7 Å². The van der Waals surface area contributed by atoms with Crippen molar-refractivity contribution >= 4 is 0 Å². The molecule has 0 aromatic rings. The summed E-state index contributed by atoms with van der Waals surface area (Å²) in [5.74, 6) is 0. The van der Waals surface area contributed by atoms with Gasteiger partial charge >= 0.3 is 0 Å². The van der Waals surface area contributed by atoms with Gasteiger partial charge in [0.1, 0.15) is 0 Å². The van der Waals surface area contributed by atoms with Crippen molar-refractivity contribution in [2.24, 2.45) is 5.41 Å². The monoisotopic (exact) mass is 232 g/mol. The summed E-state index contributed by atoms with van der Waals surface area (Å²) in [6.07, 6.45) is 5.45. The van der Waals surface area contributed by atoms with E-state index in [-0.39, 0.29) is 12.0 Å². The lowest BCUT2D eigenvalue weighted by Gasteiger charge is -2.30. The van der Waals surface area contributed by atoms with Gasteiger partial charge in [-0.1, -0.05) is 26.7 Å². The van der Waals surface area contributed by atoms with E-state index in [0.717, 1.165) is 25.9 Å². The molecule has 1 unspecified atom stereocenters. The Hall–Kier alpha value is -0.120. The van der Waals surface area contributed by atoms with E-state index in [9.17, 15) is 5.11 Å². The number of unbranched alkanes of at least 4 members (excludes halogenated alkanes) is 1. The summed E-state index contributed by atoms with van der Waals surface area (Å²) in [6, 6.07) is 0. The molecule has 0 aromatic heterocycles. The maximum absolute atomic E-state index is 9.53. The maximum atomic E-state index is 9.53. The standard InChI is InChI=1S/C13H28O3/c1-4-6-7-13(5-2,12-14)8-9-16-11-10-15-3/h14H,4-12H2,1-3H3. The average molecular weight is 232 g/mol. The van der Waals surface area contributed by atoms with Gasteiger partial charge in [-0.3, -0.25) is 0 Å². The van der Waals surface area contributed by atoms with Crippen molar-refractivity contribution < 1.29 is 14.6 Å². The Morgan fingerprint density at radius 1 is 1.06 bits per heavy atom. The van der Waals surface area contributed by atoms with Crippen LogP contribution in [-0.2, 0) is 9.47 Å². The van der Waals surface area contributed by atoms with E-state index in [2.05, 4.69) is 13.8 Å². The van der Waals surface area contributed by atoms with Crippen LogP contribution in [0, 0.1) is 5.41 Å². The van der Waals surface area contributed by atoms with Crippen molar-refractivity contribution in [2.45, 2.75) is 46.0 Å². The largest absolute Gasteiger partial charge is 0.396 e. The highest BCUT2D eigenvalue weighted by atomic mass is 16.5. The quantitative estimate of drug-likeness (QED) is 0.557. The third-order valence-electron chi connectivity index (χ3n) is 3.35. The van der Waals surface area contributed by atoms with E-state index >= 15 is 0 Å². The second kappa shape index (κ2) is 10.1. The third kappa shape index (κ3) is 6.46. The van der Waals surface area contributed by atoms with Crippen molar-refractivity contribution in [1.82, 2.24) is 0 Å². The van der Waals surface area contributed by atoms with Crippen LogP contribution in [-0.4, -0.2) is 38.6 Å². The second-order valence-corrected chi connectivity index (χ2v) is 4.47. The van der Waals surface area contributed by atoms with E-state index in [1.54, 1.807) is 7.11 Å². The first-order valence-electron chi connectivity index (χ1n) is 6.42. The normalized spacial score (nSPS) is 15.0. The van der Waals surface area contributed by atoms with Gasteiger partial charge in [-0.05, 0) is 24.7 Å². The molecule has 0 heterocycles. The molecule has 0 saturated heterocycles. The fraction of sp³-hybridized carbons (Fsp3) is 1.00. The lowest BCUT2D eigenvalue weighted by molar-refractivity contribution is 0.0273. The summed E-state index contributed by atoms with van der Waals surface area (Å²) >= 11 is 0. The molecule has 0 bridgehead atoms. The Labute approximate surface area is 100 Å². The van der Waals surface area contributed by atoms with Gasteiger partial charge in [0, 0.05) is 20.3 Å². The summed E-state index contributed by atoms with van der Waals surface area (Å²) in [4.78, 5) is 0. The molecule has 3 heteroatoms. The molecule has 0 radical (unpaired) electrons. The van der Waals surface area contributed by atoms with Gasteiger partial charge in [0.2, 0.25) is 0 Å². The molecule has 0 aliphatic heterocycles. The molecule has 0 aromatic carbocycles. The van der Waals surface area contributed by atoms with Crippen LogP contribution in [0.4, 0.5) is 0 Å². The summed E-state index contributed by atoms with van der Waals surface area (Å²) in [7, 11) is 1.68. The number of hydrogen-bond donors (Lipinski definition) is 1. The van der Waals surface area contributed by atoms with Crippen molar-refractivity contribution in [3.05, 3.63) is 0 Å². The van der Waals surface area contributed by atoms with Crippen LogP contribution in [0.5, 0.6) is 0 Å². The Morgan fingerprint density at radius 2 is 1.81 bits per heavy atom. The van der Waals surface area contributed by atoms with Crippen LogP contribution in [0.2, 0.25) is 0 Å². The molecule has 0 amide bonds. The first-order chi connectivity index (χ1) is 7.74. The molecule has 1 atom stereocenters. The van der Waals surface area contributed by atoms with Crippen molar-refractivity contribution in [1.29, 1.82) is 0 Å². The summed E-state index contributed by atoms with van der Waals surface area (Å²) in [5, 5.41) is 9.53. The Kier molecular flexibility index (Phi) is 9.99. The summed E-state index contributed by atoms with van der Waals surface area (Å²) in [5.41, 5.74) is 0.0725. The molecule has 0 saturated carbocycles. The Balaban J connectivity index is 3.82. The van der Waals surface area contributed by atoms with Gasteiger partial charge in [-0.25, -0.2) is 0 Å². The van der Waals surface area contributed by atoms with Gasteiger partial charge in [0.15, 0.2) is 0 Å². The predicted octanol–water partition coefficient (Wildman–Crippen LogP) is 2.62. The number of rotatable bonds is 11. The molecule has 16 heavy (non-hydrogen) atoms. The van der Waals surface area contributed by atoms with Crippen LogP contribution in [0.25, 0.3) is 0 Å². The average Bonchev–Trinajstić information content (AvgIpc) is 2.33. The van der Waals surface area contributed by atoms with E-state index in [1.807, 2.05) is 0 Å². The maximum Gasteiger partial charge on any atom is 0.0700 e. The summed E-state index contributed by atoms with van der Waals surface area (Å²) < 4.78 is 10.4. The zero-order valence-corrected chi connectivity index (χ0v) is 11.1. The van der Waals surface area contributed by atoms with Crippen LogP contribution >= 0.6 is 0 Å². The zero-order valence-electron chi connectivity index (χ0n) is 11.1. The SMILES string of the molecule is CCCCC(CC)(CO)CCOCCOC. The summed E-state index contributed by atoms with van der Waals surface area (Å²) in [6.45, 7) is 6.63. The van der Waals surface area contributed by atoms with E-state index in [0.29, 0.717) is 13.2 Å². The van der Waals surface area contributed by atoms with Gasteiger partial charge in [0.25, 0.3) is 0 Å². The minimum atomic E-state index is 0.0725. The van der Waals surface area contributed by atoms with Gasteiger partial charge < -0.3 is 14.6 Å². The fourth-order valence-corrected chi connectivity index (χ4v) is 1.83. The van der Waals surface area contributed by atoms with Crippen molar-refractivity contribution in [3.63, 3.8) is 0 Å². The van der Waals surface area contributed by atoms with Crippen LogP contribution < -0.4 is 0 Å². The molecule has 0 spiro atoms. The number of ether oxygens (including phenoxy) is 2. The van der Waals surface area contributed by atoms with E-state index < -0.39 is 0 Å². The first kappa shape index (κ1) is 15.9. The number of methoxy groups -OCH3 is 1. The second-order valence-electron chi connectivity index (χ2n) is 4.47. The van der Waals surface area contributed by atoms with Crippen LogP contribution in [0.1, 0.15) is 46.0 Å². The molecule has 0 fully saturated rings. The Morgan fingerprint density at radius 3 is 2.31 bits per heavy atom.